The van der Waals surface area contributed by atoms with Gasteiger partial charge in [-0.25, -0.2) is 4.98 Å². The van der Waals surface area contributed by atoms with E-state index in [4.69, 9.17) is 4.42 Å². The van der Waals surface area contributed by atoms with Crippen molar-refractivity contribution < 1.29 is 14.0 Å². The summed E-state index contributed by atoms with van der Waals surface area (Å²) in [6.07, 6.45) is 1.77. The molecule has 1 aliphatic rings. The first-order valence-electron chi connectivity index (χ1n) is 8.65. The highest BCUT2D eigenvalue weighted by Crippen LogP contribution is 2.17. The van der Waals surface area contributed by atoms with Gasteiger partial charge >= 0.3 is 0 Å². The van der Waals surface area contributed by atoms with Crippen LogP contribution in [0.1, 0.15) is 15.9 Å². The maximum atomic E-state index is 12.7. The topological polar surface area (TPSA) is 66.7 Å². The number of hydrogen-bond donors (Lipinski definition) is 0. The van der Waals surface area contributed by atoms with Gasteiger partial charge in [0.1, 0.15) is 5.52 Å². The summed E-state index contributed by atoms with van der Waals surface area (Å²) in [6.45, 7) is 2.19. The summed E-state index contributed by atoms with van der Waals surface area (Å²) in [6, 6.07) is 15.0. The summed E-state index contributed by atoms with van der Waals surface area (Å²) < 4.78 is 5.21. The normalized spacial score (nSPS) is 14.6. The van der Waals surface area contributed by atoms with Gasteiger partial charge in [-0.05, 0) is 23.8 Å². The number of rotatable bonds is 3. The maximum Gasteiger partial charge on any atom is 0.254 e. The molecule has 1 fully saturated rings. The zero-order chi connectivity index (χ0) is 17.9. The molecule has 2 amide bonds. The highest BCUT2D eigenvalue weighted by atomic mass is 16.3. The van der Waals surface area contributed by atoms with Crippen molar-refractivity contribution in [3.63, 3.8) is 0 Å². The van der Waals surface area contributed by atoms with Gasteiger partial charge in [-0.3, -0.25) is 9.59 Å². The van der Waals surface area contributed by atoms with Crippen LogP contribution in [-0.2, 0) is 11.2 Å². The summed E-state index contributed by atoms with van der Waals surface area (Å²) in [4.78, 5) is 32.8. The van der Waals surface area contributed by atoms with E-state index in [-0.39, 0.29) is 11.8 Å². The lowest BCUT2D eigenvalue weighted by Gasteiger charge is -2.35. The Balaban J connectivity index is 1.36. The van der Waals surface area contributed by atoms with Crippen LogP contribution in [0.2, 0.25) is 0 Å². The largest absolute Gasteiger partial charge is 0.443 e. The molecule has 0 bridgehead atoms. The predicted octanol–water partition coefficient (Wildman–Crippen LogP) is 2.35. The molecule has 0 unspecified atom stereocenters. The molecule has 26 heavy (non-hydrogen) atoms. The van der Waals surface area contributed by atoms with Crippen LogP contribution in [0.5, 0.6) is 0 Å². The Morgan fingerprint density at radius 1 is 0.962 bits per heavy atom. The molecule has 1 aromatic heterocycles. The number of hydrogen-bond acceptors (Lipinski definition) is 4. The highest BCUT2D eigenvalue weighted by molar-refractivity contribution is 5.97. The Kier molecular flexibility index (Phi) is 4.39. The van der Waals surface area contributed by atoms with Gasteiger partial charge in [-0.2, -0.15) is 0 Å². The molecule has 1 aliphatic heterocycles. The van der Waals surface area contributed by atoms with Crippen molar-refractivity contribution >= 4 is 22.9 Å². The Labute approximate surface area is 151 Å². The van der Waals surface area contributed by atoms with E-state index < -0.39 is 0 Å². The summed E-state index contributed by atoms with van der Waals surface area (Å²) in [5, 5.41) is 0. The highest BCUT2D eigenvalue weighted by Gasteiger charge is 2.25. The number of benzene rings is 2. The summed E-state index contributed by atoms with van der Waals surface area (Å²) in [5.41, 5.74) is 2.94. The third-order valence-corrected chi connectivity index (χ3v) is 4.70. The van der Waals surface area contributed by atoms with Crippen molar-refractivity contribution in [3.05, 3.63) is 66.1 Å². The smallest absolute Gasteiger partial charge is 0.254 e. The molecular formula is C20H19N3O3. The fourth-order valence-electron chi connectivity index (χ4n) is 3.21. The van der Waals surface area contributed by atoms with Crippen LogP contribution >= 0.6 is 0 Å². The molecule has 6 heteroatoms. The van der Waals surface area contributed by atoms with Crippen molar-refractivity contribution in [1.29, 1.82) is 0 Å². The monoisotopic (exact) mass is 349 g/mol. The Morgan fingerprint density at radius 3 is 2.46 bits per heavy atom. The number of nitrogens with zero attached hydrogens (tertiary/aromatic N) is 3. The van der Waals surface area contributed by atoms with E-state index in [1.807, 2.05) is 35.2 Å². The second-order valence-corrected chi connectivity index (χ2v) is 6.37. The van der Waals surface area contributed by atoms with Crippen LogP contribution in [0.3, 0.4) is 0 Å². The molecule has 132 valence electrons. The molecule has 6 nitrogen and oxygen atoms in total. The standard InChI is InChI=1S/C20H19N3O3/c24-19(12-15-4-2-1-3-5-15)22-8-10-23(11-9-22)20(25)16-6-7-18-17(13-16)21-14-26-18/h1-7,13-14H,8-12H2. The zero-order valence-electron chi connectivity index (χ0n) is 14.3. The average molecular weight is 349 g/mol. The minimum Gasteiger partial charge on any atom is -0.443 e. The number of fused-ring (bicyclic) bond motifs is 1. The number of piperazine rings is 1. The molecule has 2 aromatic carbocycles. The summed E-state index contributed by atoms with van der Waals surface area (Å²) in [7, 11) is 0. The first-order valence-corrected chi connectivity index (χ1v) is 8.65. The van der Waals surface area contributed by atoms with Gasteiger partial charge in [0.05, 0.1) is 6.42 Å². The maximum absolute atomic E-state index is 12.7. The number of carbonyl (C=O) groups excluding carboxylic acids is 2. The van der Waals surface area contributed by atoms with Gasteiger partial charge < -0.3 is 14.2 Å². The number of carbonyl (C=O) groups is 2. The quantitative estimate of drug-likeness (QED) is 0.728. The van der Waals surface area contributed by atoms with Crippen molar-refractivity contribution in [1.82, 2.24) is 14.8 Å². The van der Waals surface area contributed by atoms with Gasteiger partial charge in [-0.15, -0.1) is 0 Å². The first kappa shape index (κ1) is 16.3. The second kappa shape index (κ2) is 7.00. The van der Waals surface area contributed by atoms with E-state index in [0.717, 1.165) is 5.56 Å². The van der Waals surface area contributed by atoms with Crippen LogP contribution < -0.4 is 0 Å². The molecule has 0 N–H and O–H groups in total. The molecule has 0 saturated carbocycles. The first-order chi connectivity index (χ1) is 12.7. The Morgan fingerprint density at radius 2 is 1.69 bits per heavy atom. The molecule has 0 aliphatic carbocycles. The van der Waals surface area contributed by atoms with E-state index in [1.54, 1.807) is 23.1 Å². The third-order valence-electron chi connectivity index (χ3n) is 4.70. The average Bonchev–Trinajstić information content (AvgIpc) is 3.16. The SMILES string of the molecule is O=C(Cc1ccccc1)N1CCN(C(=O)c2ccc3ocnc3c2)CC1. The summed E-state index contributed by atoms with van der Waals surface area (Å²) >= 11 is 0. The molecule has 4 rings (SSSR count). The van der Waals surface area contributed by atoms with Crippen LogP contribution in [0, 0.1) is 0 Å². The molecular weight excluding hydrogens is 330 g/mol. The molecule has 0 spiro atoms. The van der Waals surface area contributed by atoms with Crippen LogP contribution in [-0.4, -0.2) is 52.8 Å². The predicted molar refractivity (Wildman–Crippen MR) is 96.6 cm³/mol. The molecule has 2 heterocycles. The van der Waals surface area contributed by atoms with Gasteiger partial charge in [0.15, 0.2) is 12.0 Å². The van der Waals surface area contributed by atoms with Crippen molar-refractivity contribution in [3.8, 4) is 0 Å². The fraction of sp³-hybridized carbons (Fsp3) is 0.250. The number of aromatic nitrogens is 1. The lowest BCUT2D eigenvalue weighted by molar-refractivity contribution is -0.131. The van der Waals surface area contributed by atoms with Crippen molar-refractivity contribution in [2.24, 2.45) is 0 Å². The molecule has 1 saturated heterocycles. The zero-order valence-corrected chi connectivity index (χ0v) is 14.3. The molecule has 0 radical (unpaired) electrons. The second-order valence-electron chi connectivity index (χ2n) is 6.37. The lowest BCUT2D eigenvalue weighted by Crippen LogP contribution is -2.51. The van der Waals surface area contributed by atoms with Crippen LogP contribution in [0.25, 0.3) is 11.1 Å². The van der Waals surface area contributed by atoms with Gasteiger partial charge in [0.25, 0.3) is 5.91 Å². The molecule has 3 aromatic rings. The minimum atomic E-state index is -0.0370. The van der Waals surface area contributed by atoms with Gasteiger partial charge in [-0.1, -0.05) is 30.3 Å². The van der Waals surface area contributed by atoms with Crippen LogP contribution in [0.4, 0.5) is 0 Å². The number of oxazole rings is 1. The van der Waals surface area contributed by atoms with Gasteiger partial charge in [0.2, 0.25) is 5.91 Å². The number of amides is 2. The van der Waals surface area contributed by atoms with Crippen molar-refractivity contribution in [2.45, 2.75) is 6.42 Å². The van der Waals surface area contributed by atoms with E-state index >= 15 is 0 Å². The Hall–Kier alpha value is -3.15. The van der Waals surface area contributed by atoms with E-state index in [0.29, 0.717) is 49.3 Å². The van der Waals surface area contributed by atoms with E-state index in [1.165, 1.54) is 6.39 Å². The van der Waals surface area contributed by atoms with E-state index in [2.05, 4.69) is 4.98 Å². The van der Waals surface area contributed by atoms with Crippen molar-refractivity contribution in [2.75, 3.05) is 26.2 Å². The summed E-state index contributed by atoms with van der Waals surface area (Å²) in [5.74, 6) is 0.0670. The Bertz CT molecular complexity index is 928. The fourth-order valence-corrected chi connectivity index (χ4v) is 3.21. The third kappa shape index (κ3) is 3.31. The van der Waals surface area contributed by atoms with Crippen LogP contribution in [0.15, 0.2) is 59.3 Å². The van der Waals surface area contributed by atoms with E-state index in [9.17, 15) is 9.59 Å². The minimum absolute atomic E-state index is 0.0370. The van der Waals surface area contributed by atoms with Gasteiger partial charge in [0, 0.05) is 31.7 Å². The molecule has 0 atom stereocenters. The lowest BCUT2D eigenvalue weighted by atomic mass is 10.1.